The molecule has 2 rings (SSSR count). The largest absolute Gasteiger partial charge is 0.369 e. The molecule has 55 valence electrons. The van der Waals surface area contributed by atoms with Gasteiger partial charge in [0.05, 0.1) is 5.92 Å². The fourth-order valence-electron chi connectivity index (χ4n) is 1.79. The molecule has 1 saturated carbocycles. The van der Waals surface area contributed by atoms with Gasteiger partial charge in [-0.25, -0.2) is 0 Å². The van der Waals surface area contributed by atoms with E-state index in [0.717, 1.165) is 31.8 Å². The van der Waals surface area contributed by atoms with Crippen LogP contribution in [0.4, 0.5) is 0 Å². The van der Waals surface area contributed by atoms with E-state index < -0.39 is 0 Å². The first-order valence-electron chi connectivity index (χ1n) is 3.61. The van der Waals surface area contributed by atoms with E-state index in [1.54, 1.807) is 0 Å². The Morgan fingerprint density at radius 3 is 2.90 bits per heavy atom. The molecule has 1 heterocycles. The lowest BCUT2D eigenvalue weighted by Crippen LogP contribution is -2.19. The molecule has 1 aliphatic heterocycles. The Labute approximate surface area is 60.0 Å². The standard InChI is InChI=1S/C7H11N2O/c8-6(10)5-3-7(5)1-2-9-4-7/h9H,1-4H2,(H2,8,10). The molecule has 1 atom stereocenters. The van der Waals surface area contributed by atoms with Crippen LogP contribution in [0.1, 0.15) is 12.8 Å². The Kier molecular flexibility index (Phi) is 1.06. The van der Waals surface area contributed by atoms with E-state index in [1.165, 1.54) is 0 Å². The molecule has 1 amide bonds. The Balaban J connectivity index is 2.04. The van der Waals surface area contributed by atoms with Crippen LogP contribution in [0.15, 0.2) is 0 Å². The summed E-state index contributed by atoms with van der Waals surface area (Å²) >= 11 is 0. The molecule has 3 N–H and O–H groups in total. The minimum Gasteiger partial charge on any atom is -0.369 e. The predicted octanol–water partition coefficient (Wildman–Crippen LogP) is -0.570. The highest BCUT2D eigenvalue weighted by Gasteiger charge is 2.59. The van der Waals surface area contributed by atoms with E-state index in [2.05, 4.69) is 5.32 Å². The molecule has 0 aromatic carbocycles. The molecule has 2 aliphatic rings. The van der Waals surface area contributed by atoms with Crippen molar-refractivity contribution < 1.29 is 4.79 Å². The second kappa shape index (κ2) is 1.72. The van der Waals surface area contributed by atoms with Gasteiger partial charge in [-0.1, -0.05) is 0 Å². The van der Waals surface area contributed by atoms with E-state index in [-0.39, 0.29) is 11.3 Å². The normalized spacial score (nSPS) is 38.8. The highest BCUT2D eigenvalue weighted by molar-refractivity contribution is 5.94. The van der Waals surface area contributed by atoms with Crippen molar-refractivity contribution in [3.05, 3.63) is 5.92 Å². The molecule has 3 heteroatoms. The van der Waals surface area contributed by atoms with Crippen molar-refractivity contribution in [2.45, 2.75) is 12.8 Å². The van der Waals surface area contributed by atoms with Gasteiger partial charge in [-0.15, -0.1) is 0 Å². The lowest BCUT2D eigenvalue weighted by molar-refractivity contribution is -0.115. The highest BCUT2D eigenvalue weighted by Crippen LogP contribution is 2.58. The topological polar surface area (TPSA) is 55.1 Å². The first kappa shape index (κ1) is 6.16. The Hall–Kier alpha value is -0.570. The molecule has 1 unspecified atom stereocenters. The van der Waals surface area contributed by atoms with E-state index in [9.17, 15) is 4.79 Å². The SMILES string of the molecule is NC(=O)[C]1CC12CCNC2. The second-order valence-corrected chi connectivity index (χ2v) is 3.23. The highest BCUT2D eigenvalue weighted by atomic mass is 16.1. The summed E-state index contributed by atoms with van der Waals surface area (Å²) in [5.41, 5.74) is 5.36. The summed E-state index contributed by atoms with van der Waals surface area (Å²) in [5, 5.41) is 3.23. The van der Waals surface area contributed by atoms with E-state index in [0.29, 0.717) is 0 Å². The smallest absolute Gasteiger partial charge is 0.225 e. The van der Waals surface area contributed by atoms with Crippen LogP contribution in [0.2, 0.25) is 0 Å². The lowest BCUT2D eigenvalue weighted by atomic mass is 10.0. The van der Waals surface area contributed by atoms with Crippen LogP contribution in [0.3, 0.4) is 0 Å². The molecule has 3 nitrogen and oxygen atoms in total. The third kappa shape index (κ3) is 0.669. The average molecular weight is 139 g/mol. The van der Waals surface area contributed by atoms with Crippen molar-refractivity contribution in [2.75, 3.05) is 13.1 Å². The van der Waals surface area contributed by atoms with Crippen LogP contribution in [-0.2, 0) is 4.79 Å². The summed E-state index contributed by atoms with van der Waals surface area (Å²) in [5.74, 6) is 0.765. The molecule has 0 bridgehead atoms. The monoisotopic (exact) mass is 139 g/mol. The molecule has 1 radical (unpaired) electrons. The molecular weight excluding hydrogens is 128 g/mol. The lowest BCUT2D eigenvalue weighted by Gasteiger charge is -2.01. The number of carbonyl (C=O) groups is 1. The maximum absolute atomic E-state index is 10.7. The van der Waals surface area contributed by atoms with E-state index >= 15 is 0 Å². The number of hydrogen-bond donors (Lipinski definition) is 2. The molecular formula is C7H11N2O. The summed E-state index contributed by atoms with van der Waals surface area (Å²) < 4.78 is 0. The summed E-state index contributed by atoms with van der Waals surface area (Å²) in [6.07, 6.45) is 2.04. The number of hydrogen-bond acceptors (Lipinski definition) is 2. The van der Waals surface area contributed by atoms with Crippen LogP contribution in [0.5, 0.6) is 0 Å². The Morgan fingerprint density at radius 1 is 1.70 bits per heavy atom. The zero-order valence-electron chi connectivity index (χ0n) is 5.81. The minimum absolute atomic E-state index is 0.191. The summed E-state index contributed by atoms with van der Waals surface area (Å²) in [7, 11) is 0. The van der Waals surface area contributed by atoms with Gasteiger partial charge < -0.3 is 11.1 Å². The zero-order valence-corrected chi connectivity index (χ0v) is 5.81. The molecule has 0 aromatic rings. The fraction of sp³-hybridized carbons (Fsp3) is 0.714. The Bertz CT molecular complexity index is 172. The molecule has 1 aliphatic carbocycles. The molecule has 2 fully saturated rings. The second-order valence-electron chi connectivity index (χ2n) is 3.23. The fourth-order valence-corrected chi connectivity index (χ4v) is 1.79. The van der Waals surface area contributed by atoms with Crippen LogP contribution in [-0.4, -0.2) is 19.0 Å². The van der Waals surface area contributed by atoms with Gasteiger partial charge in [-0.05, 0) is 19.4 Å². The average Bonchev–Trinajstić information content (AvgIpc) is 2.32. The maximum atomic E-state index is 10.7. The van der Waals surface area contributed by atoms with Crippen molar-refractivity contribution in [3.63, 3.8) is 0 Å². The third-order valence-corrected chi connectivity index (χ3v) is 2.57. The molecule has 1 spiro atoms. The number of amides is 1. The van der Waals surface area contributed by atoms with Crippen molar-refractivity contribution in [1.29, 1.82) is 0 Å². The van der Waals surface area contributed by atoms with Gasteiger partial charge in [0, 0.05) is 12.0 Å². The summed E-state index contributed by atoms with van der Waals surface area (Å²) in [6, 6.07) is 0. The van der Waals surface area contributed by atoms with Gasteiger partial charge in [0.1, 0.15) is 0 Å². The van der Waals surface area contributed by atoms with Gasteiger partial charge >= 0.3 is 0 Å². The summed E-state index contributed by atoms with van der Waals surface area (Å²) in [6.45, 7) is 2.00. The molecule has 10 heavy (non-hydrogen) atoms. The molecule has 0 aromatic heterocycles. The maximum Gasteiger partial charge on any atom is 0.225 e. The number of carbonyl (C=O) groups excluding carboxylic acids is 1. The van der Waals surface area contributed by atoms with Gasteiger partial charge in [0.25, 0.3) is 0 Å². The number of nitrogens with two attached hydrogens (primary N) is 1. The van der Waals surface area contributed by atoms with E-state index in [1.807, 2.05) is 0 Å². The van der Waals surface area contributed by atoms with Crippen molar-refractivity contribution in [3.8, 4) is 0 Å². The van der Waals surface area contributed by atoms with Gasteiger partial charge in [-0.2, -0.15) is 0 Å². The number of nitrogens with one attached hydrogen (secondary N) is 1. The predicted molar refractivity (Wildman–Crippen MR) is 37.0 cm³/mol. The third-order valence-electron chi connectivity index (χ3n) is 2.57. The van der Waals surface area contributed by atoms with Crippen molar-refractivity contribution >= 4 is 5.91 Å². The number of primary amides is 1. The van der Waals surface area contributed by atoms with Crippen LogP contribution < -0.4 is 11.1 Å². The van der Waals surface area contributed by atoms with Crippen molar-refractivity contribution in [2.24, 2.45) is 11.1 Å². The zero-order chi connectivity index (χ0) is 7.19. The van der Waals surface area contributed by atoms with E-state index in [4.69, 9.17) is 5.73 Å². The minimum atomic E-state index is -0.191. The quantitative estimate of drug-likeness (QED) is 0.511. The first-order chi connectivity index (χ1) is 4.75. The van der Waals surface area contributed by atoms with Gasteiger partial charge in [0.15, 0.2) is 0 Å². The van der Waals surface area contributed by atoms with Crippen LogP contribution in [0, 0.1) is 11.3 Å². The first-order valence-corrected chi connectivity index (χ1v) is 3.61. The van der Waals surface area contributed by atoms with Gasteiger partial charge in [0.2, 0.25) is 5.91 Å². The van der Waals surface area contributed by atoms with Gasteiger partial charge in [-0.3, -0.25) is 4.79 Å². The van der Waals surface area contributed by atoms with Crippen LogP contribution >= 0.6 is 0 Å². The van der Waals surface area contributed by atoms with Crippen LogP contribution in [0.25, 0.3) is 0 Å². The molecule has 1 saturated heterocycles. The van der Waals surface area contributed by atoms with Crippen molar-refractivity contribution in [1.82, 2.24) is 5.32 Å². The number of rotatable bonds is 1. The summed E-state index contributed by atoms with van der Waals surface area (Å²) in [4.78, 5) is 10.7. The Morgan fingerprint density at radius 2 is 2.50 bits per heavy atom.